The monoisotopic (exact) mass is 528 g/mol. The fourth-order valence-corrected chi connectivity index (χ4v) is 5.66. The maximum atomic E-state index is 6.07. The van der Waals surface area contributed by atoms with Crippen LogP contribution in [0, 0.1) is 13.8 Å². The standard InChI is InChI=1S/C33H30O.C4H6O2/c1-22-7-8-24(19-23(22)2)21-34-29-15-11-25(12-16-29)28-10-9-27-14-17-31-30-6-4-3-5-26(30)13-18-32(31)33(27)20-28;1-2-6-4-3-5-1/h5-9,11-20,28H,3-4,10,21H2,1-2H3;1-2H,3-4H2/t28-;/m0./s1. The van der Waals surface area contributed by atoms with E-state index in [0.29, 0.717) is 25.7 Å². The molecule has 40 heavy (non-hydrogen) atoms. The third kappa shape index (κ3) is 5.70. The predicted octanol–water partition coefficient (Wildman–Crippen LogP) is 5.64. The summed E-state index contributed by atoms with van der Waals surface area (Å²) < 4.78 is 15.6. The van der Waals surface area contributed by atoms with Crippen LogP contribution in [0.4, 0.5) is 0 Å². The van der Waals surface area contributed by atoms with Crippen LogP contribution in [0.2, 0.25) is 0 Å². The number of fused-ring (bicyclic) bond motifs is 5. The summed E-state index contributed by atoms with van der Waals surface area (Å²) >= 11 is 0. The first-order chi connectivity index (χ1) is 19.7. The van der Waals surface area contributed by atoms with E-state index in [-0.39, 0.29) is 0 Å². The molecule has 0 aromatic heterocycles. The van der Waals surface area contributed by atoms with Crippen molar-refractivity contribution in [3.05, 3.63) is 122 Å². The average molecular weight is 529 g/mol. The van der Waals surface area contributed by atoms with Crippen molar-refractivity contribution in [2.24, 2.45) is 0 Å². The molecule has 0 unspecified atom stereocenters. The molecule has 1 atom stereocenters. The molecule has 0 amide bonds. The van der Waals surface area contributed by atoms with Gasteiger partial charge in [0.25, 0.3) is 0 Å². The third-order valence-corrected chi connectivity index (χ3v) is 8.04. The van der Waals surface area contributed by atoms with Crippen molar-refractivity contribution < 1.29 is 14.2 Å². The van der Waals surface area contributed by atoms with Gasteiger partial charge >= 0.3 is 0 Å². The zero-order valence-electron chi connectivity index (χ0n) is 23.4. The number of aryl methyl sites for hydroxylation is 2. The first-order valence-electron chi connectivity index (χ1n) is 14.3. The smallest absolute Gasteiger partial charge is 0.121 e. The quantitative estimate of drug-likeness (QED) is 0.343. The van der Waals surface area contributed by atoms with Gasteiger partial charge in [-0.05, 0) is 99.1 Å². The number of hydrogen-bond donors (Lipinski definition) is 0. The highest BCUT2D eigenvalue weighted by Crippen LogP contribution is 2.26. The van der Waals surface area contributed by atoms with Crippen molar-refractivity contribution in [2.75, 3.05) is 13.2 Å². The Hall–Kier alpha value is -4.24. The molecule has 0 fully saturated rings. The lowest BCUT2D eigenvalue weighted by Crippen LogP contribution is -2.34. The lowest BCUT2D eigenvalue weighted by molar-refractivity contribution is 0.108. The second-order valence-corrected chi connectivity index (χ2v) is 10.7. The Morgan fingerprint density at radius 2 is 1.40 bits per heavy atom. The molecule has 202 valence electrons. The zero-order valence-corrected chi connectivity index (χ0v) is 23.4. The predicted molar refractivity (Wildman–Crippen MR) is 165 cm³/mol. The normalized spacial score (nSPS) is 16.7. The van der Waals surface area contributed by atoms with Crippen LogP contribution in [0.1, 0.15) is 47.4 Å². The lowest BCUT2D eigenvalue weighted by atomic mass is 9.88. The van der Waals surface area contributed by atoms with Gasteiger partial charge in [0.05, 0.1) is 0 Å². The molecular formula is C37H36O3. The average Bonchev–Trinajstić information content (AvgIpc) is 3.02. The van der Waals surface area contributed by atoms with Crippen LogP contribution in [0.15, 0.2) is 79.3 Å². The van der Waals surface area contributed by atoms with E-state index in [9.17, 15) is 0 Å². The van der Waals surface area contributed by atoms with E-state index in [2.05, 4.69) is 105 Å². The molecule has 0 bridgehead atoms. The van der Waals surface area contributed by atoms with Gasteiger partial charge in [-0.25, -0.2) is 0 Å². The highest BCUT2D eigenvalue weighted by Gasteiger charge is 2.13. The van der Waals surface area contributed by atoms with Gasteiger partial charge in [-0.15, -0.1) is 0 Å². The summed E-state index contributed by atoms with van der Waals surface area (Å²) in [5.74, 6) is 1.31. The topological polar surface area (TPSA) is 27.7 Å². The third-order valence-electron chi connectivity index (χ3n) is 8.04. The van der Waals surface area contributed by atoms with Gasteiger partial charge < -0.3 is 14.2 Å². The molecule has 4 aromatic carbocycles. The summed E-state index contributed by atoms with van der Waals surface area (Å²) in [7, 11) is 0. The van der Waals surface area contributed by atoms with Crippen LogP contribution in [0.5, 0.6) is 5.75 Å². The maximum absolute atomic E-state index is 6.07. The number of rotatable bonds is 4. The van der Waals surface area contributed by atoms with E-state index >= 15 is 0 Å². The number of ether oxygens (including phenoxy) is 3. The molecule has 0 radical (unpaired) electrons. The number of benzene rings is 4. The van der Waals surface area contributed by atoms with Gasteiger partial charge in [-0.3, -0.25) is 0 Å². The van der Waals surface area contributed by atoms with Crippen LogP contribution in [-0.4, -0.2) is 13.2 Å². The fourth-order valence-electron chi connectivity index (χ4n) is 5.66. The summed E-state index contributed by atoms with van der Waals surface area (Å²) in [5.41, 5.74) is 5.18. The Bertz CT molecular complexity index is 1790. The molecular weight excluding hydrogens is 492 g/mol. The minimum absolute atomic E-state index is 0.387. The van der Waals surface area contributed by atoms with Crippen LogP contribution >= 0.6 is 0 Å². The SMILES string of the molecule is C1=COCCO1.Cc1ccc(COc2ccc([C@@H]3C=c4c(ccc5c6c(ccc45)=CCCC=6)=CC3)cc2)cc1C. The van der Waals surface area contributed by atoms with E-state index < -0.39 is 0 Å². The number of hydrogen-bond acceptors (Lipinski definition) is 3. The van der Waals surface area contributed by atoms with Gasteiger partial charge in [0.15, 0.2) is 0 Å². The van der Waals surface area contributed by atoms with Crippen LogP contribution in [-0.2, 0) is 16.1 Å². The second-order valence-electron chi connectivity index (χ2n) is 10.7. The van der Waals surface area contributed by atoms with Gasteiger partial charge in [-0.2, -0.15) is 0 Å². The molecule has 3 nitrogen and oxygen atoms in total. The van der Waals surface area contributed by atoms with Crippen molar-refractivity contribution >= 4 is 35.1 Å². The Balaban J connectivity index is 0.000000429. The van der Waals surface area contributed by atoms with Gasteiger partial charge in [0, 0.05) is 5.92 Å². The Kier molecular flexibility index (Phi) is 7.72. The highest BCUT2D eigenvalue weighted by molar-refractivity contribution is 5.86. The first-order valence-corrected chi connectivity index (χ1v) is 14.3. The second kappa shape index (κ2) is 11.9. The zero-order chi connectivity index (χ0) is 27.3. The Morgan fingerprint density at radius 1 is 0.700 bits per heavy atom. The first kappa shape index (κ1) is 26.0. The molecule has 1 aliphatic heterocycles. The molecule has 3 heteroatoms. The van der Waals surface area contributed by atoms with Crippen molar-refractivity contribution in [3.8, 4) is 5.75 Å². The summed E-state index contributed by atoms with van der Waals surface area (Å²) in [6.45, 7) is 6.28. The van der Waals surface area contributed by atoms with Crippen molar-refractivity contribution in [1.29, 1.82) is 0 Å². The molecule has 0 saturated heterocycles. The summed E-state index contributed by atoms with van der Waals surface area (Å²) in [5, 5.41) is 8.28. The molecule has 2 aliphatic carbocycles. The molecule has 3 aliphatic rings. The van der Waals surface area contributed by atoms with Gasteiger partial charge in [0.2, 0.25) is 0 Å². The Labute approximate surface area is 236 Å². The van der Waals surface area contributed by atoms with E-state index in [1.54, 1.807) is 12.5 Å². The molecule has 4 aromatic rings. The van der Waals surface area contributed by atoms with E-state index in [1.807, 2.05) is 0 Å². The largest absolute Gasteiger partial charge is 0.494 e. The van der Waals surface area contributed by atoms with Gasteiger partial charge in [-0.1, -0.05) is 78.9 Å². The van der Waals surface area contributed by atoms with Crippen molar-refractivity contribution in [2.45, 2.75) is 45.6 Å². The summed E-state index contributed by atoms with van der Waals surface area (Å²) in [4.78, 5) is 0. The van der Waals surface area contributed by atoms with Crippen LogP contribution < -0.4 is 25.6 Å². The van der Waals surface area contributed by atoms with E-state index in [4.69, 9.17) is 14.2 Å². The fraction of sp³-hybridized carbons (Fsp3) is 0.243. The lowest BCUT2D eigenvalue weighted by Gasteiger charge is -2.17. The van der Waals surface area contributed by atoms with Gasteiger partial charge in [0.1, 0.15) is 38.1 Å². The maximum Gasteiger partial charge on any atom is 0.121 e. The van der Waals surface area contributed by atoms with E-state index in [0.717, 1.165) is 25.0 Å². The molecule has 0 spiro atoms. The minimum Gasteiger partial charge on any atom is -0.494 e. The van der Waals surface area contributed by atoms with Crippen molar-refractivity contribution in [1.82, 2.24) is 0 Å². The van der Waals surface area contributed by atoms with Crippen LogP contribution in [0.3, 0.4) is 0 Å². The molecule has 7 rings (SSSR count). The Morgan fingerprint density at radius 3 is 2.10 bits per heavy atom. The van der Waals surface area contributed by atoms with Crippen LogP contribution in [0.25, 0.3) is 35.1 Å². The van der Waals surface area contributed by atoms with Crippen molar-refractivity contribution in [3.63, 3.8) is 0 Å². The highest BCUT2D eigenvalue weighted by atomic mass is 16.5. The minimum atomic E-state index is 0.387. The molecule has 0 saturated carbocycles. The summed E-state index contributed by atoms with van der Waals surface area (Å²) in [6, 6.07) is 24.5. The molecule has 1 heterocycles. The van der Waals surface area contributed by atoms with E-state index in [1.165, 1.54) is 53.9 Å². The molecule has 0 N–H and O–H groups in total. The summed E-state index contributed by atoms with van der Waals surface area (Å²) in [6.07, 6.45) is 16.1.